The fourth-order valence-corrected chi connectivity index (χ4v) is 4.40. The number of nitrogens with zero attached hydrogens (tertiary/aromatic N) is 1. The highest BCUT2D eigenvalue weighted by molar-refractivity contribution is 8.13. The van der Waals surface area contributed by atoms with Crippen molar-refractivity contribution < 1.29 is 4.79 Å². The number of nitrogens with two attached hydrogens (primary N) is 1. The van der Waals surface area contributed by atoms with E-state index in [-0.39, 0.29) is 0 Å². The molecule has 8 heteroatoms. The zero-order valence-corrected chi connectivity index (χ0v) is 17.4. The molecular formula is C19H16Cl3N3OS. The van der Waals surface area contributed by atoms with Crippen molar-refractivity contribution >= 4 is 57.6 Å². The molecule has 3 N–H and O–H groups in total. The van der Waals surface area contributed by atoms with E-state index in [1.807, 2.05) is 24.3 Å². The number of aliphatic imine (C=N–C) groups is 1. The fourth-order valence-electron chi connectivity index (χ4n) is 2.76. The lowest BCUT2D eigenvalue weighted by molar-refractivity contribution is -0.114. The lowest BCUT2D eigenvalue weighted by Crippen LogP contribution is -2.32. The van der Waals surface area contributed by atoms with Gasteiger partial charge in [0, 0.05) is 22.0 Å². The second-order valence-corrected chi connectivity index (χ2v) is 8.04. The molecule has 2 aromatic carbocycles. The van der Waals surface area contributed by atoms with Gasteiger partial charge in [0.1, 0.15) is 6.04 Å². The van der Waals surface area contributed by atoms with Crippen molar-refractivity contribution in [2.24, 2.45) is 10.7 Å². The third-order valence-corrected chi connectivity index (χ3v) is 6.22. The van der Waals surface area contributed by atoms with Crippen LogP contribution in [0.25, 0.3) is 0 Å². The lowest BCUT2D eigenvalue weighted by atomic mass is 9.96. The molecule has 2 aromatic rings. The van der Waals surface area contributed by atoms with Crippen LogP contribution in [0.3, 0.4) is 0 Å². The summed E-state index contributed by atoms with van der Waals surface area (Å²) in [6.07, 6.45) is 0. The molecule has 0 bridgehead atoms. The Balaban J connectivity index is 1.94. The number of carbonyl (C=O) groups is 1. The van der Waals surface area contributed by atoms with Crippen LogP contribution in [0.4, 0.5) is 0 Å². The van der Waals surface area contributed by atoms with E-state index in [9.17, 15) is 4.79 Å². The first kappa shape index (κ1) is 20.1. The van der Waals surface area contributed by atoms with E-state index in [2.05, 4.69) is 10.3 Å². The van der Waals surface area contributed by atoms with E-state index in [0.717, 1.165) is 5.56 Å². The van der Waals surface area contributed by atoms with Crippen LogP contribution in [0.1, 0.15) is 24.1 Å². The van der Waals surface area contributed by atoms with Crippen LogP contribution in [0.2, 0.25) is 15.1 Å². The molecule has 0 aliphatic carbocycles. The molecule has 1 heterocycles. The summed E-state index contributed by atoms with van der Waals surface area (Å²) in [6.45, 7) is 1.79. The van der Waals surface area contributed by atoms with Crippen molar-refractivity contribution in [2.45, 2.75) is 18.7 Å². The van der Waals surface area contributed by atoms with Gasteiger partial charge in [0.15, 0.2) is 5.17 Å². The first-order valence-corrected chi connectivity index (χ1v) is 10.2. The van der Waals surface area contributed by atoms with Crippen LogP contribution in [0, 0.1) is 0 Å². The molecule has 0 fully saturated rings. The highest BCUT2D eigenvalue weighted by Crippen LogP contribution is 2.38. The predicted octanol–water partition coefficient (Wildman–Crippen LogP) is 5.34. The highest BCUT2D eigenvalue weighted by Gasteiger charge is 2.29. The number of primary amides is 1. The van der Waals surface area contributed by atoms with E-state index < -0.39 is 11.9 Å². The number of hydrogen-bond donors (Lipinski definition) is 2. The minimum Gasteiger partial charge on any atom is -0.366 e. The summed E-state index contributed by atoms with van der Waals surface area (Å²) in [4.78, 5) is 16.7. The Labute approximate surface area is 176 Å². The maximum Gasteiger partial charge on any atom is 0.248 e. The van der Waals surface area contributed by atoms with E-state index >= 15 is 0 Å². The first-order valence-electron chi connectivity index (χ1n) is 8.04. The standard InChI is InChI=1S/C19H16Cl3N3OS/c1-10-15(18(23)26)17(12-6-4-8-14(21)16(12)22)25-19(24-10)27-9-11-5-2-3-7-13(11)20/h2-8,17H,9H2,1H3,(H2,23,26)(H,24,25)/t17-/m1/s1. The number of hydrogen-bond acceptors (Lipinski definition) is 4. The molecule has 0 spiro atoms. The average Bonchev–Trinajstić information content (AvgIpc) is 2.62. The molecule has 0 saturated heterocycles. The summed E-state index contributed by atoms with van der Waals surface area (Å²) in [5.74, 6) is 0.0701. The minimum atomic E-state index is -0.622. The molecule has 0 unspecified atom stereocenters. The first-order chi connectivity index (χ1) is 12.9. The fraction of sp³-hybridized carbons (Fsp3) is 0.158. The molecule has 140 valence electrons. The van der Waals surface area contributed by atoms with Gasteiger partial charge in [-0.15, -0.1) is 0 Å². The van der Waals surface area contributed by atoms with Gasteiger partial charge in [-0.3, -0.25) is 4.79 Å². The molecule has 0 aromatic heterocycles. The molecular weight excluding hydrogens is 425 g/mol. The van der Waals surface area contributed by atoms with Gasteiger partial charge in [-0.25, -0.2) is 4.99 Å². The topological polar surface area (TPSA) is 67.5 Å². The monoisotopic (exact) mass is 439 g/mol. The Morgan fingerprint density at radius 1 is 1.15 bits per heavy atom. The van der Waals surface area contributed by atoms with Crippen LogP contribution in [-0.2, 0) is 10.5 Å². The van der Waals surface area contributed by atoms with Crippen LogP contribution in [0.15, 0.2) is 58.7 Å². The number of benzene rings is 2. The largest absolute Gasteiger partial charge is 0.366 e. The molecule has 1 aliphatic heterocycles. The van der Waals surface area contributed by atoms with Crippen LogP contribution < -0.4 is 11.1 Å². The highest BCUT2D eigenvalue weighted by atomic mass is 35.5. The Kier molecular flexibility index (Phi) is 6.37. The van der Waals surface area contributed by atoms with Gasteiger partial charge in [0.05, 0.1) is 15.6 Å². The Morgan fingerprint density at radius 3 is 2.56 bits per heavy atom. The van der Waals surface area contributed by atoms with Gasteiger partial charge in [-0.1, -0.05) is 76.9 Å². The number of nitrogens with one attached hydrogen (secondary N) is 1. The number of thioether (sulfide) groups is 1. The van der Waals surface area contributed by atoms with Crippen molar-refractivity contribution in [3.63, 3.8) is 0 Å². The number of carbonyl (C=O) groups excluding carboxylic acids is 1. The number of amidine groups is 1. The summed E-state index contributed by atoms with van der Waals surface area (Å²) in [6, 6.07) is 12.2. The second-order valence-electron chi connectivity index (χ2n) is 5.89. The minimum absolute atomic E-state index is 0.358. The molecule has 0 radical (unpaired) electrons. The van der Waals surface area contributed by atoms with Gasteiger partial charge in [-0.05, 0) is 24.6 Å². The Hall–Kier alpha value is -1.66. The van der Waals surface area contributed by atoms with Crippen molar-refractivity contribution in [1.29, 1.82) is 0 Å². The maximum atomic E-state index is 12.0. The Bertz CT molecular complexity index is 959. The van der Waals surface area contributed by atoms with Crippen molar-refractivity contribution in [3.05, 3.63) is 79.9 Å². The summed E-state index contributed by atoms with van der Waals surface area (Å²) in [5.41, 5.74) is 8.23. The van der Waals surface area contributed by atoms with Gasteiger partial charge in [-0.2, -0.15) is 0 Å². The molecule has 4 nitrogen and oxygen atoms in total. The van der Waals surface area contributed by atoms with Crippen LogP contribution in [0.5, 0.6) is 0 Å². The average molecular weight is 441 g/mol. The maximum absolute atomic E-state index is 12.0. The lowest BCUT2D eigenvalue weighted by Gasteiger charge is -2.26. The number of rotatable bonds is 4. The van der Waals surface area contributed by atoms with E-state index in [0.29, 0.717) is 42.8 Å². The van der Waals surface area contributed by atoms with Gasteiger partial charge in [0.2, 0.25) is 5.91 Å². The van der Waals surface area contributed by atoms with Gasteiger partial charge >= 0.3 is 0 Å². The molecule has 0 saturated carbocycles. The number of halogens is 3. The van der Waals surface area contributed by atoms with Gasteiger partial charge in [0.25, 0.3) is 0 Å². The summed E-state index contributed by atoms with van der Waals surface area (Å²) in [5, 5.41) is 5.25. The predicted molar refractivity (Wildman–Crippen MR) is 114 cm³/mol. The summed E-state index contributed by atoms with van der Waals surface area (Å²) < 4.78 is 0. The van der Waals surface area contributed by atoms with Crippen molar-refractivity contribution in [2.75, 3.05) is 0 Å². The third-order valence-electron chi connectivity index (χ3n) is 4.08. The molecule has 3 rings (SSSR count). The van der Waals surface area contributed by atoms with Crippen LogP contribution >= 0.6 is 46.6 Å². The normalized spacial score (nSPS) is 16.7. The van der Waals surface area contributed by atoms with Gasteiger partial charge < -0.3 is 11.1 Å². The van der Waals surface area contributed by atoms with Crippen LogP contribution in [-0.4, -0.2) is 11.1 Å². The molecule has 27 heavy (non-hydrogen) atoms. The second kappa shape index (κ2) is 8.57. The van der Waals surface area contributed by atoms with E-state index in [4.69, 9.17) is 40.5 Å². The summed E-state index contributed by atoms with van der Waals surface area (Å²) >= 11 is 20.2. The SMILES string of the molecule is CC1=C(C(N)=O)[C@@H](c2cccc(Cl)c2Cl)N=C(SCc2ccccc2Cl)N1. The van der Waals surface area contributed by atoms with Crippen molar-refractivity contribution in [3.8, 4) is 0 Å². The summed E-state index contributed by atoms with van der Waals surface area (Å²) in [7, 11) is 0. The molecule has 1 aliphatic rings. The van der Waals surface area contributed by atoms with E-state index in [1.165, 1.54) is 11.8 Å². The zero-order chi connectivity index (χ0) is 19.6. The molecule has 1 atom stereocenters. The Morgan fingerprint density at radius 2 is 1.85 bits per heavy atom. The number of amides is 1. The smallest absolute Gasteiger partial charge is 0.248 e. The molecule has 1 amide bonds. The third kappa shape index (κ3) is 4.43. The number of allylic oxidation sites excluding steroid dienone is 1. The van der Waals surface area contributed by atoms with E-state index in [1.54, 1.807) is 25.1 Å². The zero-order valence-electron chi connectivity index (χ0n) is 14.3. The van der Waals surface area contributed by atoms with Crippen molar-refractivity contribution in [1.82, 2.24) is 5.32 Å². The quantitative estimate of drug-likeness (QED) is 0.674.